The number of rotatable bonds is 11. The number of thioether (sulfide) groups is 1. The van der Waals surface area contributed by atoms with Crippen LogP contribution >= 0.6 is 50.9 Å². The van der Waals surface area contributed by atoms with E-state index in [1.54, 1.807) is 35.7 Å². The van der Waals surface area contributed by atoms with Crippen LogP contribution in [0, 0.1) is 0 Å². The lowest BCUT2D eigenvalue weighted by Crippen LogP contribution is -2.30. The van der Waals surface area contributed by atoms with Crippen molar-refractivity contribution in [3.63, 3.8) is 0 Å². The molecule has 3 aromatic rings. The van der Waals surface area contributed by atoms with Crippen molar-refractivity contribution in [1.29, 1.82) is 0 Å². The third kappa shape index (κ3) is 6.67. The van der Waals surface area contributed by atoms with Gasteiger partial charge in [-0.25, -0.2) is 9.48 Å². The number of fused-ring (bicyclic) bond motifs is 1. The predicted octanol–water partition coefficient (Wildman–Crippen LogP) is 7.68. The number of hydrogen-bond donors (Lipinski definition) is 1. The van der Waals surface area contributed by atoms with E-state index in [9.17, 15) is 4.79 Å². The second-order valence-electron chi connectivity index (χ2n) is 8.78. The number of carbonyl (C=O) groups is 1. The lowest BCUT2D eigenvalue weighted by molar-refractivity contribution is -0.139. The third-order valence-corrected chi connectivity index (χ3v) is 8.23. The van der Waals surface area contributed by atoms with Gasteiger partial charge in [-0.3, -0.25) is 0 Å². The van der Waals surface area contributed by atoms with Crippen molar-refractivity contribution in [2.24, 2.45) is 0 Å². The van der Waals surface area contributed by atoms with Crippen LogP contribution in [-0.4, -0.2) is 40.2 Å². The number of carbonyl (C=O) groups excluding carboxylic acids is 1. The summed E-state index contributed by atoms with van der Waals surface area (Å²) in [7, 11) is 1.57. The fourth-order valence-corrected chi connectivity index (χ4v) is 5.63. The maximum absolute atomic E-state index is 13.3. The highest BCUT2D eigenvalue weighted by atomic mass is 79.9. The lowest BCUT2D eigenvalue weighted by atomic mass is 9.95. The Labute approximate surface area is 250 Å². The van der Waals surface area contributed by atoms with Crippen molar-refractivity contribution in [2.45, 2.75) is 51.4 Å². The van der Waals surface area contributed by atoms with E-state index in [0.29, 0.717) is 61.4 Å². The molecule has 8 nitrogen and oxygen atoms in total. The maximum atomic E-state index is 13.3. The van der Waals surface area contributed by atoms with Crippen LogP contribution < -0.4 is 14.8 Å². The summed E-state index contributed by atoms with van der Waals surface area (Å²) in [6.07, 6.45) is 1.71. The minimum atomic E-state index is -0.594. The summed E-state index contributed by atoms with van der Waals surface area (Å²) in [5, 5.41) is 9.54. The number of allylic oxidation sites excluding steroid dienone is 1. The highest BCUT2D eigenvalue weighted by Gasteiger charge is 2.36. The highest BCUT2D eigenvalue weighted by molar-refractivity contribution is 9.10. The zero-order valence-corrected chi connectivity index (χ0v) is 25.9. The fourth-order valence-electron chi connectivity index (χ4n) is 4.05. The standard InChI is InChI=1S/C27H29BrCl2N4O4S/c1-5-9-37-25(35)22-15(3)31-26-32-27(39-10-6-2)33-34(26)23(22)17-12-18(28)24(21(13-17)36-4)38-14-16-7-8-19(29)20(30)11-16/h7-8,11-13,23H,5-6,9-10,14H2,1-4H3,(H,31,32,33). The molecule has 0 spiro atoms. The van der Waals surface area contributed by atoms with Crippen LogP contribution in [0.15, 0.2) is 51.2 Å². The molecule has 1 unspecified atom stereocenters. The van der Waals surface area contributed by atoms with Gasteiger partial charge >= 0.3 is 5.97 Å². The van der Waals surface area contributed by atoms with Crippen molar-refractivity contribution in [3.05, 3.63) is 67.2 Å². The number of nitrogens with one attached hydrogen (secondary N) is 1. The Kier molecular flexibility index (Phi) is 10.1. The first kappa shape index (κ1) is 29.6. The first-order chi connectivity index (χ1) is 18.8. The molecule has 1 aromatic heterocycles. The summed E-state index contributed by atoms with van der Waals surface area (Å²) in [6, 6.07) is 8.48. The smallest absolute Gasteiger partial charge is 0.338 e. The van der Waals surface area contributed by atoms with Crippen LogP contribution in [-0.2, 0) is 16.1 Å². The highest BCUT2D eigenvalue weighted by Crippen LogP contribution is 2.43. The van der Waals surface area contributed by atoms with Crippen LogP contribution in [0.4, 0.5) is 5.95 Å². The Balaban J connectivity index is 1.74. The number of hydrogen-bond acceptors (Lipinski definition) is 8. The minimum Gasteiger partial charge on any atom is -0.493 e. The van der Waals surface area contributed by atoms with Crippen molar-refractivity contribution in [2.75, 3.05) is 24.8 Å². The van der Waals surface area contributed by atoms with E-state index < -0.39 is 12.0 Å². The Hall–Kier alpha value is -2.40. The topological polar surface area (TPSA) is 87.5 Å². The van der Waals surface area contributed by atoms with Gasteiger partial charge in [0, 0.05) is 11.4 Å². The summed E-state index contributed by atoms with van der Waals surface area (Å²) >= 11 is 17.4. The van der Waals surface area contributed by atoms with Gasteiger partial charge in [0.05, 0.1) is 33.8 Å². The molecule has 208 valence electrons. The summed E-state index contributed by atoms with van der Waals surface area (Å²) in [6.45, 7) is 6.47. The summed E-state index contributed by atoms with van der Waals surface area (Å²) < 4.78 is 19.8. The Morgan fingerprint density at radius 3 is 2.67 bits per heavy atom. The second kappa shape index (κ2) is 13.3. The van der Waals surface area contributed by atoms with Gasteiger partial charge in [-0.1, -0.05) is 54.9 Å². The molecule has 0 saturated heterocycles. The first-order valence-electron chi connectivity index (χ1n) is 12.5. The van der Waals surface area contributed by atoms with Gasteiger partial charge in [-0.05, 0) is 71.1 Å². The van der Waals surface area contributed by atoms with Gasteiger partial charge in [0.2, 0.25) is 11.1 Å². The molecule has 39 heavy (non-hydrogen) atoms. The van der Waals surface area contributed by atoms with Gasteiger partial charge in [0.25, 0.3) is 0 Å². The van der Waals surface area contributed by atoms with Crippen molar-refractivity contribution >= 4 is 62.8 Å². The molecule has 4 rings (SSSR count). The van der Waals surface area contributed by atoms with Crippen LogP contribution in [0.1, 0.15) is 50.8 Å². The number of ether oxygens (including phenoxy) is 3. The molecule has 1 N–H and O–H groups in total. The number of halogens is 3. The summed E-state index contributed by atoms with van der Waals surface area (Å²) in [5.41, 5.74) is 2.71. The molecule has 1 atom stereocenters. The molecule has 12 heteroatoms. The Morgan fingerprint density at radius 2 is 1.97 bits per heavy atom. The molecule has 0 aliphatic carbocycles. The quantitative estimate of drug-likeness (QED) is 0.166. The van der Waals surface area contributed by atoms with E-state index >= 15 is 0 Å². The number of nitrogens with zero attached hydrogens (tertiary/aromatic N) is 3. The lowest BCUT2D eigenvalue weighted by Gasteiger charge is -2.28. The van der Waals surface area contributed by atoms with Crippen molar-refractivity contribution in [3.8, 4) is 11.5 Å². The predicted molar refractivity (Wildman–Crippen MR) is 158 cm³/mol. The molecular formula is C27H29BrCl2N4O4S. The normalized spacial score (nSPS) is 14.6. The number of anilines is 1. The molecule has 2 aromatic carbocycles. The fraction of sp³-hybridized carbons (Fsp3) is 0.370. The maximum Gasteiger partial charge on any atom is 0.338 e. The van der Waals surface area contributed by atoms with E-state index in [1.807, 2.05) is 32.0 Å². The van der Waals surface area contributed by atoms with E-state index in [2.05, 4.69) is 33.2 Å². The Morgan fingerprint density at radius 1 is 1.18 bits per heavy atom. The zero-order valence-electron chi connectivity index (χ0n) is 22.0. The minimum absolute atomic E-state index is 0.247. The van der Waals surface area contributed by atoms with E-state index in [4.69, 9.17) is 42.5 Å². The monoisotopic (exact) mass is 654 g/mol. The average Bonchev–Trinajstić information content (AvgIpc) is 3.32. The van der Waals surface area contributed by atoms with Crippen LogP contribution in [0.25, 0.3) is 0 Å². The van der Waals surface area contributed by atoms with E-state index in [1.165, 1.54) is 0 Å². The summed E-state index contributed by atoms with van der Waals surface area (Å²) in [4.78, 5) is 17.9. The third-order valence-electron chi connectivity index (χ3n) is 5.86. The second-order valence-corrected chi connectivity index (χ2v) is 11.5. The van der Waals surface area contributed by atoms with Gasteiger partial charge in [0.15, 0.2) is 11.5 Å². The molecular weight excluding hydrogens is 627 g/mol. The van der Waals surface area contributed by atoms with Gasteiger partial charge in [-0.15, -0.1) is 5.10 Å². The Bertz CT molecular complexity index is 1400. The molecule has 1 aliphatic rings. The SMILES string of the molecule is CCCOC(=O)C1=C(C)Nc2nc(SCCC)nn2C1c1cc(Br)c(OCc2ccc(Cl)c(Cl)c2)c(OC)c1. The van der Waals surface area contributed by atoms with Gasteiger partial charge < -0.3 is 19.5 Å². The van der Waals surface area contributed by atoms with Gasteiger partial charge in [0.1, 0.15) is 12.6 Å². The molecule has 0 saturated carbocycles. The average molecular weight is 656 g/mol. The van der Waals surface area contributed by atoms with Crippen LogP contribution in [0.3, 0.4) is 0 Å². The molecule has 0 bridgehead atoms. The van der Waals surface area contributed by atoms with Crippen molar-refractivity contribution < 1.29 is 19.0 Å². The molecule has 0 radical (unpaired) electrons. The van der Waals surface area contributed by atoms with E-state index in [-0.39, 0.29) is 6.61 Å². The largest absolute Gasteiger partial charge is 0.493 e. The number of aromatic nitrogens is 3. The molecule has 0 amide bonds. The molecule has 2 heterocycles. The number of benzene rings is 2. The zero-order chi connectivity index (χ0) is 28.1. The van der Waals surface area contributed by atoms with E-state index in [0.717, 1.165) is 23.3 Å². The molecule has 1 aliphatic heterocycles. The number of methoxy groups -OCH3 is 1. The van der Waals surface area contributed by atoms with Crippen molar-refractivity contribution in [1.82, 2.24) is 14.8 Å². The van der Waals surface area contributed by atoms with Gasteiger partial charge in [-0.2, -0.15) is 4.98 Å². The number of esters is 1. The van der Waals surface area contributed by atoms with Crippen LogP contribution in [0.5, 0.6) is 11.5 Å². The first-order valence-corrected chi connectivity index (χ1v) is 15.0. The van der Waals surface area contributed by atoms with Crippen LogP contribution in [0.2, 0.25) is 10.0 Å². The summed E-state index contributed by atoms with van der Waals surface area (Å²) in [5.74, 6) is 2.02. The molecule has 0 fully saturated rings.